The van der Waals surface area contributed by atoms with Crippen LogP contribution in [0.2, 0.25) is 10.0 Å². The molecule has 160 valence electrons. The third-order valence-electron chi connectivity index (χ3n) is 4.35. The van der Waals surface area contributed by atoms with Crippen molar-refractivity contribution in [3.05, 3.63) is 94.5 Å². The Labute approximate surface area is 191 Å². The summed E-state index contributed by atoms with van der Waals surface area (Å²) in [4.78, 5) is 12.6. The second kappa shape index (κ2) is 9.96. The van der Waals surface area contributed by atoms with E-state index in [1.165, 1.54) is 30.3 Å². The molecule has 0 aliphatic carbocycles. The second-order valence-electron chi connectivity index (χ2n) is 6.52. The lowest BCUT2D eigenvalue weighted by Crippen LogP contribution is -2.39. The summed E-state index contributed by atoms with van der Waals surface area (Å²) in [7, 11) is -4.05. The van der Waals surface area contributed by atoms with E-state index in [0.717, 1.165) is 9.87 Å². The zero-order valence-electron chi connectivity index (χ0n) is 16.5. The van der Waals surface area contributed by atoms with Gasteiger partial charge >= 0.3 is 0 Å². The Balaban J connectivity index is 1.90. The van der Waals surface area contributed by atoms with Gasteiger partial charge in [-0.05, 0) is 42.8 Å². The monoisotopic (exact) mass is 475 g/mol. The Kier molecular flexibility index (Phi) is 7.33. The van der Waals surface area contributed by atoms with Crippen LogP contribution in [0.1, 0.15) is 12.5 Å². The highest BCUT2D eigenvalue weighted by atomic mass is 35.5. The van der Waals surface area contributed by atoms with Crippen molar-refractivity contribution in [2.75, 3.05) is 10.8 Å². The van der Waals surface area contributed by atoms with Crippen LogP contribution < -0.4 is 9.73 Å². The van der Waals surface area contributed by atoms with Gasteiger partial charge in [0, 0.05) is 0 Å². The number of nitrogens with one attached hydrogen (secondary N) is 1. The van der Waals surface area contributed by atoms with Crippen LogP contribution in [-0.2, 0) is 14.8 Å². The highest BCUT2D eigenvalue weighted by Crippen LogP contribution is 2.30. The van der Waals surface area contributed by atoms with E-state index in [4.69, 9.17) is 23.2 Å². The average Bonchev–Trinajstić information content (AvgIpc) is 2.79. The van der Waals surface area contributed by atoms with E-state index in [1.807, 2.05) is 30.3 Å². The van der Waals surface area contributed by atoms with Gasteiger partial charge in [-0.1, -0.05) is 71.7 Å². The third kappa shape index (κ3) is 5.64. The van der Waals surface area contributed by atoms with Crippen LogP contribution in [0, 0.1) is 0 Å². The first-order valence-electron chi connectivity index (χ1n) is 9.20. The van der Waals surface area contributed by atoms with Crippen LogP contribution in [0.3, 0.4) is 0 Å². The topological polar surface area (TPSA) is 78.8 Å². The van der Waals surface area contributed by atoms with Crippen molar-refractivity contribution in [3.63, 3.8) is 0 Å². The Bertz CT molecular complexity index is 1200. The molecule has 1 amide bonds. The molecule has 0 aliphatic rings. The van der Waals surface area contributed by atoms with Crippen molar-refractivity contribution in [2.45, 2.75) is 11.8 Å². The van der Waals surface area contributed by atoms with E-state index in [-0.39, 0.29) is 20.6 Å². The molecular weight excluding hydrogens is 457 g/mol. The molecule has 0 saturated heterocycles. The van der Waals surface area contributed by atoms with Crippen molar-refractivity contribution >= 4 is 50.5 Å². The molecule has 0 bridgehead atoms. The molecule has 6 nitrogen and oxygen atoms in total. The molecule has 1 N–H and O–H groups in total. The summed E-state index contributed by atoms with van der Waals surface area (Å²) in [6, 6.07) is 21.5. The SMILES string of the molecule is C/C(=N/NC(=O)CN(c1ccc(Cl)c(Cl)c1)S(=O)(=O)c1ccccc1)c1ccccc1. The van der Waals surface area contributed by atoms with Gasteiger partial charge in [0.15, 0.2) is 0 Å². The minimum atomic E-state index is -4.05. The highest BCUT2D eigenvalue weighted by molar-refractivity contribution is 7.92. The first kappa shape index (κ1) is 22.8. The Hall–Kier alpha value is -2.87. The molecule has 0 aliphatic heterocycles. The predicted molar refractivity (Wildman–Crippen MR) is 124 cm³/mol. The first-order chi connectivity index (χ1) is 14.8. The number of halogens is 2. The fraction of sp³-hybridized carbons (Fsp3) is 0.0909. The van der Waals surface area contributed by atoms with Gasteiger partial charge in [0.05, 0.1) is 26.3 Å². The Morgan fingerprint density at radius 2 is 1.55 bits per heavy atom. The zero-order chi connectivity index (χ0) is 22.4. The lowest BCUT2D eigenvalue weighted by molar-refractivity contribution is -0.119. The smallest absolute Gasteiger partial charge is 0.264 e. The number of benzene rings is 3. The summed E-state index contributed by atoms with van der Waals surface area (Å²) in [5.74, 6) is -0.610. The van der Waals surface area contributed by atoms with Crippen LogP contribution in [0.5, 0.6) is 0 Å². The molecule has 0 saturated carbocycles. The summed E-state index contributed by atoms with van der Waals surface area (Å²) in [6.07, 6.45) is 0. The van der Waals surface area contributed by atoms with Crippen molar-refractivity contribution in [3.8, 4) is 0 Å². The van der Waals surface area contributed by atoms with Crippen LogP contribution in [0.25, 0.3) is 0 Å². The van der Waals surface area contributed by atoms with Gasteiger partial charge in [-0.2, -0.15) is 5.10 Å². The summed E-state index contributed by atoms with van der Waals surface area (Å²) in [5, 5.41) is 4.52. The molecule has 0 heterocycles. The van der Waals surface area contributed by atoms with Crippen LogP contribution in [-0.4, -0.2) is 26.6 Å². The average molecular weight is 476 g/mol. The molecule has 31 heavy (non-hydrogen) atoms. The van der Waals surface area contributed by atoms with Crippen LogP contribution in [0.4, 0.5) is 5.69 Å². The molecule has 0 atom stereocenters. The number of amides is 1. The first-order valence-corrected chi connectivity index (χ1v) is 11.4. The van der Waals surface area contributed by atoms with Crippen molar-refractivity contribution < 1.29 is 13.2 Å². The van der Waals surface area contributed by atoms with Gasteiger partial charge in [-0.25, -0.2) is 13.8 Å². The molecule has 0 fully saturated rings. The number of rotatable bonds is 7. The minimum absolute atomic E-state index is 0.0397. The van der Waals surface area contributed by atoms with Gasteiger partial charge in [-0.3, -0.25) is 9.10 Å². The molecular formula is C22H19Cl2N3O3S. The van der Waals surface area contributed by atoms with Crippen molar-refractivity contribution in [2.24, 2.45) is 5.10 Å². The molecule has 9 heteroatoms. The number of nitrogens with zero attached hydrogens (tertiary/aromatic N) is 2. The molecule has 0 unspecified atom stereocenters. The highest BCUT2D eigenvalue weighted by Gasteiger charge is 2.27. The van der Waals surface area contributed by atoms with Gasteiger partial charge in [0.2, 0.25) is 0 Å². The van der Waals surface area contributed by atoms with E-state index >= 15 is 0 Å². The number of hydrogen-bond donors (Lipinski definition) is 1. The minimum Gasteiger partial charge on any atom is -0.271 e. The zero-order valence-corrected chi connectivity index (χ0v) is 18.8. The molecule has 0 aromatic heterocycles. The van der Waals surface area contributed by atoms with E-state index in [1.54, 1.807) is 25.1 Å². The number of carbonyl (C=O) groups excluding carboxylic acids is 1. The third-order valence-corrected chi connectivity index (χ3v) is 6.88. The standard InChI is InChI=1S/C22H19Cl2N3O3S/c1-16(17-8-4-2-5-9-17)25-26-22(28)15-27(18-12-13-20(23)21(24)14-18)31(29,30)19-10-6-3-7-11-19/h2-14H,15H2,1H3,(H,26,28)/b25-16-. The fourth-order valence-electron chi connectivity index (χ4n) is 2.73. The largest absolute Gasteiger partial charge is 0.271 e. The quantitative estimate of drug-likeness (QED) is 0.396. The van der Waals surface area contributed by atoms with Gasteiger partial charge in [-0.15, -0.1) is 0 Å². The maximum absolute atomic E-state index is 13.3. The van der Waals surface area contributed by atoms with E-state index in [2.05, 4.69) is 10.5 Å². The van der Waals surface area contributed by atoms with Crippen LogP contribution >= 0.6 is 23.2 Å². The molecule has 3 aromatic carbocycles. The summed E-state index contributed by atoms with van der Waals surface area (Å²) >= 11 is 12.1. The van der Waals surface area contributed by atoms with E-state index < -0.39 is 22.5 Å². The lowest BCUT2D eigenvalue weighted by Gasteiger charge is -2.24. The van der Waals surface area contributed by atoms with E-state index in [9.17, 15) is 13.2 Å². The van der Waals surface area contributed by atoms with Crippen molar-refractivity contribution in [1.29, 1.82) is 0 Å². The Morgan fingerprint density at radius 3 is 2.16 bits per heavy atom. The maximum Gasteiger partial charge on any atom is 0.264 e. The number of anilines is 1. The predicted octanol–water partition coefficient (Wildman–Crippen LogP) is 4.73. The normalized spacial score (nSPS) is 11.8. The number of hydrazone groups is 1. The number of sulfonamides is 1. The van der Waals surface area contributed by atoms with Gasteiger partial charge in [0.25, 0.3) is 15.9 Å². The van der Waals surface area contributed by atoms with E-state index in [0.29, 0.717) is 5.71 Å². The fourth-order valence-corrected chi connectivity index (χ4v) is 4.46. The molecule has 0 spiro atoms. The lowest BCUT2D eigenvalue weighted by atomic mass is 10.1. The summed E-state index contributed by atoms with van der Waals surface area (Å²) in [6.45, 7) is 1.24. The summed E-state index contributed by atoms with van der Waals surface area (Å²) in [5.41, 5.74) is 4.04. The molecule has 3 aromatic rings. The van der Waals surface area contributed by atoms with Crippen molar-refractivity contribution in [1.82, 2.24) is 5.43 Å². The van der Waals surface area contributed by atoms with Crippen LogP contribution in [0.15, 0.2) is 88.9 Å². The number of hydrogen-bond acceptors (Lipinski definition) is 4. The molecule has 3 rings (SSSR count). The summed E-state index contributed by atoms with van der Waals surface area (Å²) < 4.78 is 27.5. The van der Waals surface area contributed by atoms with Gasteiger partial charge in [0.1, 0.15) is 6.54 Å². The maximum atomic E-state index is 13.3. The molecule has 0 radical (unpaired) electrons. The van der Waals surface area contributed by atoms with Gasteiger partial charge < -0.3 is 0 Å². The second-order valence-corrected chi connectivity index (χ2v) is 9.20. The Morgan fingerprint density at radius 1 is 0.935 bits per heavy atom. The number of carbonyl (C=O) groups is 1.